The van der Waals surface area contributed by atoms with Gasteiger partial charge in [0.15, 0.2) is 5.78 Å². The summed E-state index contributed by atoms with van der Waals surface area (Å²) in [7, 11) is 0. The van der Waals surface area contributed by atoms with E-state index in [9.17, 15) is 14.4 Å². The topological polar surface area (TPSA) is 57.7 Å². The molecule has 6 heteroatoms. The third kappa shape index (κ3) is 2.89. The van der Waals surface area contributed by atoms with E-state index in [4.69, 9.17) is 11.6 Å². The van der Waals surface area contributed by atoms with Gasteiger partial charge in [0.1, 0.15) is 6.04 Å². The van der Waals surface area contributed by atoms with Gasteiger partial charge in [-0.15, -0.1) is 0 Å². The second-order valence-electron chi connectivity index (χ2n) is 8.56. The molecule has 3 aliphatic rings. The molecular weight excluding hydrogens is 436 g/mol. The smallest absolute Gasteiger partial charge is 0.240 e. The van der Waals surface area contributed by atoms with Gasteiger partial charge in [-0.2, -0.15) is 0 Å². The predicted molar refractivity (Wildman–Crippen MR) is 126 cm³/mol. The molecule has 2 amide bonds. The Morgan fingerprint density at radius 1 is 0.818 bits per heavy atom. The van der Waals surface area contributed by atoms with Crippen molar-refractivity contribution in [1.29, 1.82) is 0 Å². The highest BCUT2D eigenvalue weighted by Gasteiger charge is 2.64. The summed E-state index contributed by atoms with van der Waals surface area (Å²) in [6.07, 6.45) is 3.81. The highest BCUT2D eigenvalue weighted by atomic mass is 35.5. The fourth-order valence-electron chi connectivity index (χ4n) is 5.50. The van der Waals surface area contributed by atoms with E-state index >= 15 is 0 Å². The molecule has 3 aromatic rings. The molecule has 3 aromatic carbocycles. The minimum Gasteiger partial charge on any atom is -0.358 e. The van der Waals surface area contributed by atoms with Crippen molar-refractivity contribution in [3.8, 4) is 0 Å². The number of halogens is 1. The van der Waals surface area contributed by atoms with E-state index in [1.165, 1.54) is 4.90 Å². The number of hydrogen-bond acceptors (Lipinski definition) is 4. The number of Topliss-reactive ketones (excluding diaryl/α,β-unsaturated/α-hetero) is 1. The van der Waals surface area contributed by atoms with Crippen LogP contribution in [0.15, 0.2) is 85.1 Å². The Labute approximate surface area is 195 Å². The first-order valence-electron chi connectivity index (χ1n) is 10.8. The summed E-state index contributed by atoms with van der Waals surface area (Å²) in [6, 6.07) is 22.3. The Kier molecular flexibility index (Phi) is 4.49. The van der Waals surface area contributed by atoms with Crippen molar-refractivity contribution < 1.29 is 14.4 Å². The number of carbonyl (C=O) groups excluding carboxylic acids is 3. The standard InChI is InChI=1S/C27H19ClN2O3/c28-18-10-6-11-19(15-18)30-26(32)21-22(27(30)33)24(25(31)17-8-2-1-3-9-17)29-14-13-16-7-4-5-12-20(16)23(21)29/h1-15,21-24H. The Balaban J connectivity index is 1.51. The van der Waals surface area contributed by atoms with E-state index in [1.807, 2.05) is 47.5 Å². The lowest BCUT2D eigenvalue weighted by molar-refractivity contribution is -0.123. The van der Waals surface area contributed by atoms with Crippen molar-refractivity contribution in [2.24, 2.45) is 11.8 Å². The molecule has 0 spiro atoms. The molecule has 6 rings (SSSR count). The molecule has 2 saturated heterocycles. The number of fused-ring (bicyclic) bond motifs is 5. The monoisotopic (exact) mass is 454 g/mol. The number of nitrogens with zero attached hydrogens (tertiary/aromatic N) is 2. The summed E-state index contributed by atoms with van der Waals surface area (Å²) in [6.45, 7) is 0. The van der Waals surface area contributed by atoms with E-state index in [-0.39, 0.29) is 17.6 Å². The molecule has 162 valence electrons. The van der Waals surface area contributed by atoms with Crippen molar-refractivity contribution in [3.63, 3.8) is 0 Å². The predicted octanol–water partition coefficient (Wildman–Crippen LogP) is 4.74. The molecule has 0 N–H and O–H groups in total. The lowest BCUT2D eigenvalue weighted by Gasteiger charge is -2.35. The van der Waals surface area contributed by atoms with Crippen molar-refractivity contribution in [2.45, 2.75) is 12.1 Å². The van der Waals surface area contributed by atoms with Crippen molar-refractivity contribution in [3.05, 3.63) is 107 Å². The first-order chi connectivity index (χ1) is 16.1. The fraction of sp³-hybridized carbons (Fsp3) is 0.148. The highest BCUT2D eigenvalue weighted by Crippen LogP contribution is 2.53. The number of anilines is 1. The zero-order chi connectivity index (χ0) is 22.7. The second-order valence-corrected chi connectivity index (χ2v) is 8.99. The van der Waals surface area contributed by atoms with Crippen molar-refractivity contribution in [2.75, 3.05) is 4.90 Å². The van der Waals surface area contributed by atoms with Gasteiger partial charge in [0.25, 0.3) is 0 Å². The summed E-state index contributed by atoms with van der Waals surface area (Å²) < 4.78 is 0. The third-order valence-corrected chi connectivity index (χ3v) is 7.09. The SMILES string of the molecule is O=C(c1ccccc1)C1C2C(=O)N(c3cccc(Cl)c3)C(=O)C2C2c3ccccc3C=CN12. The molecule has 4 unspecified atom stereocenters. The number of hydrogen-bond donors (Lipinski definition) is 0. The lowest BCUT2D eigenvalue weighted by atomic mass is 9.83. The molecule has 0 aromatic heterocycles. The van der Waals surface area contributed by atoms with Crippen LogP contribution in [-0.4, -0.2) is 28.5 Å². The van der Waals surface area contributed by atoms with Crippen LogP contribution in [0, 0.1) is 11.8 Å². The van der Waals surface area contributed by atoms with E-state index in [0.717, 1.165) is 11.1 Å². The van der Waals surface area contributed by atoms with Crippen LogP contribution in [0.2, 0.25) is 5.02 Å². The summed E-state index contributed by atoms with van der Waals surface area (Å²) >= 11 is 6.16. The fourth-order valence-corrected chi connectivity index (χ4v) is 5.68. The van der Waals surface area contributed by atoms with Crippen LogP contribution in [0.25, 0.3) is 6.08 Å². The maximum atomic E-state index is 13.8. The van der Waals surface area contributed by atoms with Gasteiger partial charge in [0.2, 0.25) is 11.8 Å². The van der Waals surface area contributed by atoms with Crippen LogP contribution in [0.3, 0.4) is 0 Å². The minimum absolute atomic E-state index is 0.161. The molecule has 5 nitrogen and oxygen atoms in total. The van der Waals surface area contributed by atoms with Gasteiger partial charge in [0.05, 0.1) is 23.6 Å². The van der Waals surface area contributed by atoms with Gasteiger partial charge in [-0.25, -0.2) is 4.90 Å². The Bertz CT molecular complexity index is 1340. The molecule has 3 aliphatic heterocycles. The molecule has 33 heavy (non-hydrogen) atoms. The summed E-state index contributed by atoms with van der Waals surface area (Å²) in [5, 5.41) is 0.439. The number of ketones is 1. The average Bonchev–Trinajstić information content (AvgIpc) is 3.32. The summed E-state index contributed by atoms with van der Waals surface area (Å²) in [5.41, 5.74) is 2.90. The zero-order valence-corrected chi connectivity index (χ0v) is 18.2. The second kappa shape index (κ2) is 7.42. The van der Waals surface area contributed by atoms with Crippen LogP contribution in [-0.2, 0) is 9.59 Å². The zero-order valence-electron chi connectivity index (χ0n) is 17.5. The number of imide groups is 1. The largest absolute Gasteiger partial charge is 0.358 e. The maximum Gasteiger partial charge on any atom is 0.240 e. The third-order valence-electron chi connectivity index (χ3n) is 6.85. The number of carbonyl (C=O) groups is 3. The molecule has 0 aliphatic carbocycles. The highest BCUT2D eigenvalue weighted by molar-refractivity contribution is 6.31. The van der Waals surface area contributed by atoms with Crippen molar-refractivity contribution in [1.82, 2.24) is 4.90 Å². The number of amides is 2. The van der Waals surface area contributed by atoms with Crippen LogP contribution >= 0.6 is 11.6 Å². The molecular formula is C27H19ClN2O3. The lowest BCUT2D eigenvalue weighted by Crippen LogP contribution is -2.44. The van der Waals surface area contributed by atoms with E-state index in [2.05, 4.69) is 0 Å². The molecule has 0 saturated carbocycles. The van der Waals surface area contributed by atoms with Gasteiger partial charge in [0, 0.05) is 16.8 Å². The first kappa shape index (κ1) is 19.9. The molecule has 3 heterocycles. The summed E-state index contributed by atoms with van der Waals surface area (Å²) in [5.74, 6) is -2.27. The van der Waals surface area contributed by atoms with Gasteiger partial charge in [-0.05, 0) is 35.4 Å². The normalized spacial score (nSPS) is 25.1. The van der Waals surface area contributed by atoms with Crippen molar-refractivity contribution >= 4 is 41.0 Å². The quantitative estimate of drug-likeness (QED) is 0.424. The van der Waals surface area contributed by atoms with Gasteiger partial charge < -0.3 is 4.90 Å². The van der Waals surface area contributed by atoms with Crippen LogP contribution < -0.4 is 4.90 Å². The van der Waals surface area contributed by atoms with Gasteiger partial charge >= 0.3 is 0 Å². The van der Waals surface area contributed by atoms with E-state index < -0.39 is 23.9 Å². The van der Waals surface area contributed by atoms with E-state index in [1.54, 1.807) is 48.5 Å². The van der Waals surface area contributed by atoms with Gasteiger partial charge in [-0.3, -0.25) is 14.4 Å². The van der Waals surface area contributed by atoms with Crippen LogP contribution in [0.5, 0.6) is 0 Å². The van der Waals surface area contributed by atoms with Crippen LogP contribution in [0.4, 0.5) is 5.69 Å². The molecule has 0 bridgehead atoms. The average molecular weight is 455 g/mol. The minimum atomic E-state index is -0.787. The number of rotatable bonds is 3. The summed E-state index contributed by atoms with van der Waals surface area (Å²) in [4.78, 5) is 44.4. The van der Waals surface area contributed by atoms with Crippen LogP contribution in [0.1, 0.15) is 27.5 Å². The first-order valence-corrected chi connectivity index (χ1v) is 11.2. The Morgan fingerprint density at radius 3 is 2.33 bits per heavy atom. The van der Waals surface area contributed by atoms with E-state index in [0.29, 0.717) is 16.3 Å². The number of benzene rings is 3. The Hall–Kier alpha value is -3.70. The van der Waals surface area contributed by atoms with Gasteiger partial charge in [-0.1, -0.05) is 72.3 Å². The maximum absolute atomic E-state index is 13.8. The molecule has 0 radical (unpaired) electrons. The Morgan fingerprint density at radius 2 is 1.55 bits per heavy atom. The molecule has 2 fully saturated rings. The molecule has 4 atom stereocenters.